The van der Waals surface area contributed by atoms with Crippen molar-refractivity contribution in [1.82, 2.24) is 19.6 Å². The molecule has 3 aromatic heterocycles. The molecule has 1 aromatic carbocycles. The van der Waals surface area contributed by atoms with E-state index in [1.54, 1.807) is 25.8 Å². The number of ether oxygens (including phenoxy) is 1. The molecule has 0 bridgehead atoms. The third-order valence-corrected chi connectivity index (χ3v) is 4.62. The fourth-order valence-electron chi connectivity index (χ4n) is 3.29. The van der Waals surface area contributed by atoms with Crippen LogP contribution in [0.1, 0.15) is 16.8 Å². The molecule has 5 nitrogen and oxygen atoms in total. The van der Waals surface area contributed by atoms with Crippen molar-refractivity contribution >= 4 is 5.65 Å². The van der Waals surface area contributed by atoms with Gasteiger partial charge in [-0.1, -0.05) is 17.7 Å². The first-order chi connectivity index (χ1) is 12.8. The van der Waals surface area contributed by atoms with Crippen LogP contribution in [0.3, 0.4) is 0 Å². The second kappa shape index (κ2) is 6.96. The van der Waals surface area contributed by atoms with E-state index < -0.39 is 0 Å². The third kappa shape index (κ3) is 3.04. The van der Waals surface area contributed by atoms with Gasteiger partial charge >= 0.3 is 0 Å². The molecule has 0 fully saturated rings. The number of fused-ring (bicyclic) bond motifs is 1. The number of rotatable bonds is 5. The van der Waals surface area contributed by atoms with Gasteiger partial charge in [0.25, 0.3) is 0 Å². The molecule has 3 heterocycles. The van der Waals surface area contributed by atoms with Gasteiger partial charge in [0, 0.05) is 23.7 Å². The summed E-state index contributed by atoms with van der Waals surface area (Å²) < 4.78 is 7.57. The maximum Gasteiger partial charge on any atom is 0.168 e. The van der Waals surface area contributed by atoms with Gasteiger partial charge in [-0.05, 0) is 61.2 Å². The summed E-state index contributed by atoms with van der Waals surface area (Å²) in [6, 6.07) is 14.5. The minimum atomic E-state index is 0.866. The van der Waals surface area contributed by atoms with Crippen LogP contribution in [0.2, 0.25) is 0 Å². The van der Waals surface area contributed by atoms with Crippen molar-refractivity contribution in [3.63, 3.8) is 0 Å². The van der Waals surface area contributed by atoms with Crippen LogP contribution in [0.25, 0.3) is 16.8 Å². The quantitative estimate of drug-likeness (QED) is 0.551. The van der Waals surface area contributed by atoms with Crippen LogP contribution >= 0.6 is 0 Å². The molecule has 0 amide bonds. The van der Waals surface area contributed by atoms with Crippen molar-refractivity contribution in [1.29, 1.82) is 0 Å². The monoisotopic (exact) mass is 344 g/mol. The van der Waals surface area contributed by atoms with Gasteiger partial charge in [0.1, 0.15) is 12.1 Å². The molecular weight excluding hydrogens is 324 g/mol. The van der Waals surface area contributed by atoms with Crippen LogP contribution in [0, 0.1) is 6.92 Å². The SMILES string of the molecule is COc1ccc(C)cc1CCc1ccc(-c2ccncc2)c2nncn12. The number of hydrogen-bond donors (Lipinski definition) is 0. The third-order valence-electron chi connectivity index (χ3n) is 4.62. The summed E-state index contributed by atoms with van der Waals surface area (Å²) in [5.74, 6) is 0.934. The van der Waals surface area contributed by atoms with Gasteiger partial charge in [0.15, 0.2) is 5.65 Å². The van der Waals surface area contributed by atoms with E-state index in [4.69, 9.17) is 4.74 Å². The van der Waals surface area contributed by atoms with Crippen molar-refractivity contribution < 1.29 is 4.74 Å². The zero-order valence-electron chi connectivity index (χ0n) is 14.9. The van der Waals surface area contributed by atoms with Gasteiger partial charge in [0.05, 0.1) is 7.11 Å². The Kier molecular flexibility index (Phi) is 4.35. The zero-order valence-corrected chi connectivity index (χ0v) is 14.9. The summed E-state index contributed by atoms with van der Waals surface area (Å²) in [5.41, 5.74) is 6.64. The molecule has 0 saturated carbocycles. The van der Waals surface area contributed by atoms with E-state index in [1.165, 1.54) is 16.8 Å². The molecule has 0 aliphatic rings. The predicted molar refractivity (Wildman–Crippen MR) is 101 cm³/mol. The number of hydrogen-bond acceptors (Lipinski definition) is 4. The molecule has 0 aliphatic heterocycles. The minimum absolute atomic E-state index is 0.866. The highest BCUT2D eigenvalue weighted by atomic mass is 16.5. The minimum Gasteiger partial charge on any atom is -0.496 e. The Morgan fingerprint density at radius 2 is 1.85 bits per heavy atom. The summed E-state index contributed by atoms with van der Waals surface area (Å²) >= 11 is 0. The summed E-state index contributed by atoms with van der Waals surface area (Å²) in [6.45, 7) is 2.10. The molecule has 0 saturated heterocycles. The molecule has 0 aliphatic carbocycles. The second-order valence-corrected chi connectivity index (χ2v) is 6.31. The van der Waals surface area contributed by atoms with Crippen molar-refractivity contribution in [3.8, 4) is 16.9 Å². The highest BCUT2D eigenvalue weighted by Crippen LogP contribution is 2.25. The molecular formula is C21H20N4O. The normalized spacial score (nSPS) is 11.0. The first-order valence-corrected chi connectivity index (χ1v) is 8.62. The van der Waals surface area contributed by atoms with Crippen LogP contribution < -0.4 is 4.74 Å². The van der Waals surface area contributed by atoms with Crippen LogP contribution in [-0.2, 0) is 12.8 Å². The lowest BCUT2D eigenvalue weighted by atomic mass is 10.0. The Hall–Kier alpha value is -3.21. The molecule has 0 N–H and O–H groups in total. The number of pyridine rings is 2. The van der Waals surface area contributed by atoms with Gasteiger partial charge in [0.2, 0.25) is 0 Å². The van der Waals surface area contributed by atoms with E-state index in [2.05, 4.69) is 50.8 Å². The number of aromatic nitrogens is 4. The van der Waals surface area contributed by atoms with E-state index in [0.29, 0.717) is 0 Å². The fraction of sp³-hybridized carbons (Fsp3) is 0.190. The van der Waals surface area contributed by atoms with Crippen LogP contribution in [0.5, 0.6) is 5.75 Å². The molecule has 4 aromatic rings. The highest BCUT2D eigenvalue weighted by Gasteiger charge is 2.11. The highest BCUT2D eigenvalue weighted by molar-refractivity contribution is 5.77. The van der Waals surface area contributed by atoms with Crippen LogP contribution in [0.15, 0.2) is 61.2 Å². The Labute approximate surface area is 152 Å². The standard InChI is InChI=1S/C21H20N4O/c1-15-3-8-20(26-2)17(13-15)4-5-18-6-7-19(16-9-11-22-12-10-16)21-24-23-14-25(18)21/h3,6-14H,4-5H2,1-2H3. The van der Waals surface area contributed by atoms with Gasteiger partial charge in [-0.25, -0.2) is 0 Å². The van der Waals surface area contributed by atoms with Crippen molar-refractivity contribution in [2.75, 3.05) is 7.11 Å². The van der Waals surface area contributed by atoms with E-state index in [1.807, 2.05) is 18.2 Å². The molecule has 0 unspecified atom stereocenters. The number of benzene rings is 1. The summed E-state index contributed by atoms with van der Waals surface area (Å²) in [6.07, 6.45) is 7.14. The van der Waals surface area contributed by atoms with E-state index in [-0.39, 0.29) is 0 Å². The Morgan fingerprint density at radius 3 is 2.65 bits per heavy atom. The van der Waals surface area contributed by atoms with Crippen LogP contribution in [-0.4, -0.2) is 26.7 Å². The van der Waals surface area contributed by atoms with E-state index in [9.17, 15) is 0 Å². The smallest absolute Gasteiger partial charge is 0.168 e. The number of nitrogens with zero attached hydrogens (tertiary/aromatic N) is 4. The van der Waals surface area contributed by atoms with E-state index >= 15 is 0 Å². The topological polar surface area (TPSA) is 52.3 Å². The molecule has 0 atom stereocenters. The Balaban J connectivity index is 1.67. The average Bonchev–Trinajstić information content (AvgIpc) is 3.17. The van der Waals surface area contributed by atoms with E-state index in [0.717, 1.165) is 35.4 Å². The molecule has 26 heavy (non-hydrogen) atoms. The lowest BCUT2D eigenvalue weighted by molar-refractivity contribution is 0.409. The van der Waals surface area contributed by atoms with Crippen molar-refractivity contribution in [2.24, 2.45) is 0 Å². The Bertz CT molecular complexity index is 1040. The van der Waals surface area contributed by atoms with Crippen molar-refractivity contribution in [2.45, 2.75) is 19.8 Å². The van der Waals surface area contributed by atoms with Gasteiger partial charge in [-0.2, -0.15) is 0 Å². The lowest BCUT2D eigenvalue weighted by Crippen LogP contribution is -2.02. The summed E-state index contributed by atoms with van der Waals surface area (Å²) in [5, 5.41) is 8.45. The Morgan fingerprint density at radius 1 is 1.00 bits per heavy atom. The summed E-state index contributed by atoms with van der Waals surface area (Å²) in [4.78, 5) is 4.09. The molecule has 0 radical (unpaired) electrons. The fourth-order valence-corrected chi connectivity index (χ4v) is 3.29. The molecule has 0 spiro atoms. The zero-order chi connectivity index (χ0) is 17.9. The summed E-state index contributed by atoms with van der Waals surface area (Å²) in [7, 11) is 1.72. The lowest BCUT2D eigenvalue weighted by Gasteiger charge is -2.11. The molecule has 130 valence electrons. The molecule has 5 heteroatoms. The maximum atomic E-state index is 5.50. The first kappa shape index (κ1) is 16.3. The number of methoxy groups -OCH3 is 1. The first-order valence-electron chi connectivity index (χ1n) is 8.62. The van der Waals surface area contributed by atoms with Gasteiger partial charge in [-0.3, -0.25) is 9.38 Å². The average molecular weight is 344 g/mol. The van der Waals surface area contributed by atoms with Crippen molar-refractivity contribution in [3.05, 3.63) is 78.0 Å². The number of aryl methyl sites for hydroxylation is 3. The predicted octanol–water partition coefficient (Wildman–Crippen LogP) is 3.89. The maximum absolute atomic E-state index is 5.50. The second-order valence-electron chi connectivity index (χ2n) is 6.31. The van der Waals surface area contributed by atoms with Gasteiger partial charge in [-0.15, -0.1) is 10.2 Å². The van der Waals surface area contributed by atoms with Gasteiger partial charge < -0.3 is 4.74 Å². The largest absolute Gasteiger partial charge is 0.496 e. The van der Waals surface area contributed by atoms with Crippen LogP contribution in [0.4, 0.5) is 0 Å². The molecule has 4 rings (SSSR count).